The summed E-state index contributed by atoms with van der Waals surface area (Å²) in [6.45, 7) is 3.27. The summed E-state index contributed by atoms with van der Waals surface area (Å²) in [6.07, 6.45) is 3.07. The molecule has 1 aliphatic heterocycles. The molecule has 3 rings (SSSR count). The smallest absolute Gasteiger partial charge is 0.0650 e. The molecule has 1 saturated heterocycles. The fraction of sp³-hybridized carbons (Fsp3) is 0.400. The SMILES string of the molecule is CC1CC(NCc2ccc(-c3ccn[nH]3)cc2)CS1. The van der Waals surface area contributed by atoms with Gasteiger partial charge in [0.15, 0.2) is 0 Å². The normalized spacial score (nSPS) is 22.8. The third-order valence-electron chi connectivity index (χ3n) is 3.56. The van der Waals surface area contributed by atoms with Gasteiger partial charge in [-0.1, -0.05) is 31.2 Å². The Bertz CT molecular complexity index is 507. The highest BCUT2D eigenvalue weighted by Gasteiger charge is 2.20. The summed E-state index contributed by atoms with van der Waals surface area (Å²) < 4.78 is 0. The summed E-state index contributed by atoms with van der Waals surface area (Å²) in [7, 11) is 0. The van der Waals surface area contributed by atoms with Gasteiger partial charge in [0.05, 0.1) is 5.69 Å². The monoisotopic (exact) mass is 273 g/mol. The molecule has 0 radical (unpaired) electrons. The number of H-pyrrole nitrogens is 1. The Kier molecular flexibility index (Phi) is 3.89. The number of aromatic nitrogens is 2. The van der Waals surface area contributed by atoms with Crippen molar-refractivity contribution in [1.82, 2.24) is 15.5 Å². The number of aromatic amines is 1. The van der Waals surface area contributed by atoms with E-state index in [1.165, 1.54) is 23.3 Å². The number of thioether (sulfide) groups is 1. The lowest BCUT2D eigenvalue weighted by Gasteiger charge is -2.11. The molecule has 2 heterocycles. The van der Waals surface area contributed by atoms with Crippen molar-refractivity contribution in [3.63, 3.8) is 0 Å². The van der Waals surface area contributed by atoms with E-state index < -0.39 is 0 Å². The van der Waals surface area contributed by atoms with Crippen LogP contribution in [0.25, 0.3) is 11.3 Å². The molecule has 19 heavy (non-hydrogen) atoms. The first-order valence-corrected chi connectivity index (χ1v) is 7.80. The molecule has 1 aromatic carbocycles. The molecule has 1 aromatic heterocycles. The van der Waals surface area contributed by atoms with Crippen molar-refractivity contribution in [1.29, 1.82) is 0 Å². The molecule has 3 nitrogen and oxygen atoms in total. The Morgan fingerprint density at radius 1 is 1.32 bits per heavy atom. The van der Waals surface area contributed by atoms with Gasteiger partial charge in [0.1, 0.15) is 0 Å². The zero-order valence-electron chi connectivity index (χ0n) is 11.1. The largest absolute Gasteiger partial charge is 0.309 e. The summed E-state index contributed by atoms with van der Waals surface area (Å²) in [6, 6.07) is 11.3. The standard InChI is InChI=1S/C15H19N3S/c1-11-8-14(10-19-11)16-9-12-2-4-13(5-3-12)15-6-7-17-18-15/h2-7,11,14,16H,8-10H2,1H3,(H,17,18). The Balaban J connectivity index is 1.57. The third-order valence-corrected chi connectivity index (χ3v) is 4.92. The third kappa shape index (κ3) is 3.19. The highest BCUT2D eigenvalue weighted by Crippen LogP contribution is 2.26. The molecule has 0 saturated carbocycles. The molecule has 2 atom stereocenters. The molecule has 0 aliphatic carbocycles. The van der Waals surface area contributed by atoms with Crippen LogP contribution in [-0.4, -0.2) is 27.2 Å². The molecule has 4 heteroatoms. The predicted molar refractivity (Wildman–Crippen MR) is 81.2 cm³/mol. The van der Waals surface area contributed by atoms with Crippen molar-refractivity contribution in [2.45, 2.75) is 31.2 Å². The van der Waals surface area contributed by atoms with Crippen molar-refractivity contribution in [3.05, 3.63) is 42.1 Å². The molecule has 2 N–H and O–H groups in total. The highest BCUT2D eigenvalue weighted by atomic mass is 32.2. The van der Waals surface area contributed by atoms with E-state index in [2.05, 4.69) is 58.5 Å². The van der Waals surface area contributed by atoms with Crippen LogP contribution in [0.4, 0.5) is 0 Å². The second-order valence-corrected chi connectivity index (χ2v) is 6.60. The first-order chi connectivity index (χ1) is 9.31. The van der Waals surface area contributed by atoms with E-state index in [0.29, 0.717) is 6.04 Å². The van der Waals surface area contributed by atoms with Gasteiger partial charge >= 0.3 is 0 Å². The van der Waals surface area contributed by atoms with Gasteiger partial charge in [-0.2, -0.15) is 16.9 Å². The van der Waals surface area contributed by atoms with E-state index in [0.717, 1.165) is 17.5 Å². The molecular formula is C15H19N3S. The van der Waals surface area contributed by atoms with Gasteiger partial charge in [0.25, 0.3) is 0 Å². The minimum Gasteiger partial charge on any atom is -0.309 e. The molecule has 2 aromatic rings. The van der Waals surface area contributed by atoms with Gasteiger partial charge in [-0.15, -0.1) is 0 Å². The molecule has 1 aliphatic rings. The number of hydrogen-bond acceptors (Lipinski definition) is 3. The zero-order valence-corrected chi connectivity index (χ0v) is 11.9. The summed E-state index contributed by atoms with van der Waals surface area (Å²) >= 11 is 2.07. The lowest BCUT2D eigenvalue weighted by Crippen LogP contribution is -2.28. The van der Waals surface area contributed by atoms with E-state index in [1.54, 1.807) is 6.20 Å². The van der Waals surface area contributed by atoms with E-state index >= 15 is 0 Å². The van der Waals surface area contributed by atoms with Gasteiger partial charge in [-0.05, 0) is 23.6 Å². The van der Waals surface area contributed by atoms with Crippen LogP contribution in [0.1, 0.15) is 18.9 Å². The highest BCUT2D eigenvalue weighted by molar-refractivity contribution is 8.00. The lowest BCUT2D eigenvalue weighted by atomic mass is 10.1. The fourth-order valence-corrected chi connectivity index (χ4v) is 3.62. The zero-order chi connectivity index (χ0) is 13.1. The molecule has 0 bridgehead atoms. The quantitative estimate of drug-likeness (QED) is 0.899. The van der Waals surface area contributed by atoms with Crippen LogP contribution in [0.3, 0.4) is 0 Å². The average molecular weight is 273 g/mol. The Labute approximate surface area is 118 Å². The first-order valence-electron chi connectivity index (χ1n) is 6.75. The minimum atomic E-state index is 0.673. The number of hydrogen-bond donors (Lipinski definition) is 2. The van der Waals surface area contributed by atoms with Crippen LogP contribution in [0.2, 0.25) is 0 Å². The number of benzene rings is 1. The van der Waals surface area contributed by atoms with Crippen molar-refractivity contribution in [2.75, 3.05) is 5.75 Å². The minimum absolute atomic E-state index is 0.673. The first kappa shape index (κ1) is 12.8. The van der Waals surface area contributed by atoms with Crippen LogP contribution in [0.15, 0.2) is 36.5 Å². The van der Waals surface area contributed by atoms with Crippen LogP contribution < -0.4 is 5.32 Å². The number of nitrogens with zero attached hydrogens (tertiary/aromatic N) is 1. The maximum absolute atomic E-state index is 3.98. The fourth-order valence-electron chi connectivity index (χ4n) is 2.44. The molecule has 100 valence electrons. The second-order valence-electron chi connectivity index (χ2n) is 5.12. The van der Waals surface area contributed by atoms with Crippen molar-refractivity contribution >= 4 is 11.8 Å². The van der Waals surface area contributed by atoms with Crippen LogP contribution >= 0.6 is 11.8 Å². The summed E-state index contributed by atoms with van der Waals surface area (Å²) in [5, 5.41) is 11.4. The van der Waals surface area contributed by atoms with Gasteiger partial charge in [0.2, 0.25) is 0 Å². The van der Waals surface area contributed by atoms with Gasteiger partial charge in [-0.25, -0.2) is 0 Å². The molecule has 1 fully saturated rings. The van der Waals surface area contributed by atoms with Crippen LogP contribution in [-0.2, 0) is 6.54 Å². The Morgan fingerprint density at radius 3 is 2.79 bits per heavy atom. The number of rotatable bonds is 4. The Hall–Kier alpha value is -1.26. The molecule has 2 unspecified atom stereocenters. The van der Waals surface area contributed by atoms with E-state index in [-0.39, 0.29) is 0 Å². The van der Waals surface area contributed by atoms with Crippen molar-refractivity contribution in [3.8, 4) is 11.3 Å². The predicted octanol–water partition coefficient (Wildman–Crippen LogP) is 3.06. The van der Waals surface area contributed by atoms with Crippen molar-refractivity contribution < 1.29 is 0 Å². The summed E-state index contributed by atoms with van der Waals surface area (Å²) in [5.41, 5.74) is 3.60. The maximum atomic E-state index is 3.98. The van der Waals surface area contributed by atoms with E-state index in [1.807, 2.05) is 6.07 Å². The van der Waals surface area contributed by atoms with E-state index in [4.69, 9.17) is 0 Å². The molecule has 0 amide bonds. The number of nitrogens with one attached hydrogen (secondary N) is 2. The second kappa shape index (κ2) is 5.80. The van der Waals surface area contributed by atoms with Crippen LogP contribution in [0, 0.1) is 0 Å². The van der Waals surface area contributed by atoms with Crippen molar-refractivity contribution in [2.24, 2.45) is 0 Å². The topological polar surface area (TPSA) is 40.7 Å². The van der Waals surface area contributed by atoms with E-state index in [9.17, 15) is 0 Å². The maximum Gasteiger partial charge on any atom is 0.0650 e. The lowest BCUT2D eigenvalue weighted by molar-refractivity contribution is 0.538. The molecular weight excluding hydrogens is 254 g/mol. The van der Waals surface area contributed by atoms with Gasteiger partial charge < -0.3 is 5.32 Å². The summed E-state index contributed by atoms with van der Waals surface area (Å²) in [4.78, 5) is 0. The summed E-state index contributed by atoms with van der Waals surface area (Å²) in [5.74, 6) is 1.24. The van der Waals surface area contributed by atoms with Crippen LogP contribution in [0.5, 0.6) is 0 Å². The average Bonchev–Trinajstić information content (AvgIpc) is 3.08. The molecule has 0 spiro atoms. The van der Waals surface area contributed by atoms with Gasteiger partial charge in [-0.3, -0.25) is 5.10 Å². The van der Waals surface area contributed by atoms with Gasteiger partial charge in [0, 0.05) is 29.8 Å². The Morgan fingerprint density at radius 2 is 2.16 bits per heavy atom.